The Labute approximate surface area is 249 Å². The molecule has 0 fully saturated rings. The van der Waals surface area contributed by atoms with Gasteiger partial charge in [0, 0.05) is 12.6 Å². The maximum Gasteiger partial charge on any atom is 0.330 e. The van der Waals surface area contributed by atoms with Gasteiger partial charge in [0.25, 0.3) is 0 Å². The summed E-state index contributed by atoms with van der Waals surface area (Å²) in [7, 11) is 4.02. The second-order valence-corrected chi connectivity index (χ2v) is 11.4. The van der Waals surface area contributed by atoms with Gasteiger partial charge in [-0.1, -0.05) is 101 Å². The van der Waals surface area contributed by atoms with Crippen LogP contribution in [0, 0.1) is 5.92 Å². The molecule has 230 valence electrons. The van der Waals surface area contributed by atoms with Gasteiger partial charge in [0.05, 0.1) is 0 Å². The molecular weight excluding hydrogens is 490 g/mol. The van der Waals surface area contributed by atoms with Crippen molar-refractivity contribution in [1.29, 1.82) is 0 Å². The predicted octanol–water partition coefficient (Wildman–Crippen LogP) is 10.9. The molecule has 2 unspecified atom stereocenters. The molecule has 0 aromatic heterocycles. The Morgan fingerprint density at radius 2 is 1.15 bits per heavy atom. The maximum atomic E-state index is 12.8. The normalized spacial score (nSPS) is 14.2. The molecule has 0 aliphatic carbocycles. The number of allylic oxidation sites excluding steroid dienone is 8. The van der Waals surface area contributed by atoms with Gasteiger partial charge in [-0.05, 0) is 110 Å². The van der Waals surface area contributed by atoms with Crippen LogP contribution in [-0.2, 0) is 9.53 Å². The van der Waals surface area contributed by atoms with Gasteiger partial charge in [0.15, 0.2) is 0 Å². The highest BCUT2D eigenvalue weighted by Crippen LogP contribution is 2.26. The standard InChI is InChI=1S/C37H65NO2/c1-6-9-12-15-18-21-23-26-30-35(31-27-24-22-19-16-13-10-7-2)36(32-28-25-20-17-14-11-8-3)40-37(39)33-29-34-38(4)5/h9,12,18-22,25,29,33,35-36H,6-8,10-11,13-17,23-24,26-28,30-32,34H2,1-5H3/b12-9+,21-18-,22-19-,25-20-,33-29+. The van der Waals surface area contributed by atoms with E-state index in [1.807, 2.05) is 20.2 Å². The van der Waals surface area contributed by atoms with E-state index >= 15 is 0 Å². The fourth-order valence-corrected chi connectivity index (χ4v) is 4.76. The highest BCUT2D eigenvalue weighted by molar-refractivity contribution is 5.82. The average molecular weight is 556 g/mol. The van der Waals surface area contributed by atoms with Crippen LogP contribution in [0.2, 0.25) is 0 Å². The molecule has 0 aromatic rings. The van der Waals surface area contributed by atoms with Crippen LogP contribution in [0.3, 0.4) is 0 Å². The monoisotopic (exact) mass is 556 g/mol. The van der Waals surface area contributed by atoms with E-state index in [-0.39, 0.29) is 12.1 Å². The average Bonchev–Trinajstić information content (AvgIpc) is 2.93. The van der Waals surface area contributed by atoms with E-state index in [9.17, 15) is 4.79 Å². The lowest BCUT2D eigenvalue weighted by molar-refractivity contribution is -0.146. The molecule has 2 atom stereocenters. The molecule has 0 aromatic carbocycles. The summed E-state index contributed by atoms with van der Waals surface area (Å²) in [5, 5.41) is 0. The van der Waals surface area contributed by atoms with E-state index in [1.165, 1.54) is 44.9 Å². The van der Waals surface area contributed by atoms with Gasteiger partial charge in [0.1, 0.15) is 6.10 Å². The van der Waals surface area contributed by atoms with Crippen molar-refractivity contribution < 1.29 is 9.53 Å². The van der Waals surface area contributed by atoms with E-state index in [1.54, 1.807) is 6.08 Å². The minimum Gasteiger partial charge on any atom is -0.459 e. The molecule has 3 nitrogen and oxygen atoms in total. The molecular formula is C37H65NO2. The fraction of sp³-hybridized carbons (Fsp3) is 0.703. The first-order valence-electron chi connectivity index (χ1n) is 16.7. The van der Waals surface area contributed by atoms with Crippen LogP contribution in [-0.4, -0.2) is 37.6 Å². The quantitative estimate of drug-likeness (QED) is 0.0437. The fourth-order valence-electron chi connectivity index (χ4n) is 4.76. The molecule has 40 heavy (non-hydrogen) atoms. The maximum absolute atomic E-state index is 12.8. The van der Waals surface area contributed by atoms with Crippen molar-refractivity contribution >= 4 is 5.97 Å². The van der Waals surface area contributed by atoms with Gasteiger partial charge in [-0.2, -0.15) is 0 Å². The van der Waals surface area contributed by atoms with Crippen molar-refractivity contribution in [3.05, 3.63) is 60.8 Å². The second kappa shape index (κ2) is 30.1. The number of carbonyl (C=O) groups is 1. The summed E-state index contributed by atoms with van der Waals surface area (Å²) < 4.78 is 6.16. The molecule has 0 saturated carbocycles. The molecule has 0 spiro atoms. The highest BCUT2D eigenvalue weighted by Gasteiger charge is 2.23. The van der Waals surface area contributed by atoms with Crippen molar-refractivity contribution in [2.75, 3.05) is 20.6 Å². The third-order valence-electron chi connectivity index (χ3n) is 7.15. The molecule has 0 aliphatic heterocycles. The highest BCUT2D eigenvalue weighted by atomic mass is 16.5. The van der Waals surface area contributed by atoms with Crippen LogP contribution in [0.4, 0.5) is 0 Å². The zero-order chi connectivity index (χ0) is 29.5. The van der Waals surface area contributed by atoms with E-state index in [2.05, 4.69) is 74.3 Å². The minimum atomic E-state index is -0.192. The lowest BCUT2D eigenvalue weighted by Crippen LogP contribution is -2.27. The first-order valence-corrected chi connectivity index (χ1v) is 16.7. The molecule has 3 heteroatoms. The molecule has 0 N–H and O–H groups in total. The Bertz CT molecular complexity index is 701. The van der Waals surface area contributed by atoms with Crippen LogP contribution in [0.1, 0.15) is 136 Å². The Kier molecular flexibility index (Phi) is 28.7. The van der Waals surface area contributed by atoms with Crippen molar-refractivity contribution in [2.45, 2.75) is 142 Å². The number of carbonyl (C=O) groups excluding carboxylic acids is 1. The summed E-state index contributed by atoms with van der Waals surface area (Å²) in [5.74, 6) is 0.212. The zero-order valence-electron chi connectivity index (χ0n) is 27.1. The summed E-state index contributed by atoms with van der Waals surface area (Å²) >= 11 is 0. The number of likely N-dealkylation sites (N-methyl/N-ethyl adjacent to an activating group) is 1. The number of ether oxygens (including phenoxy) is 1. The molecule has 0 aliphatic rings. The van der Waals surface area contributed by atoms with Crippen LogP contribution >= 0.6 is 0 Å². The zero-order valence-corrected chi connectivity index (χ0v) is 27.1. The van der Waals surface area contributed by atoms with Crippen molar-refractivity contribution in [2.24, 2.45) is 5.92 Å². The lowest BCUT2D eigenvalue weighted by atomic mass is 9.88. The first kappa shape index (κ1) is 38.1. The predicted molar refractivity (Wildman–Crippen MR) is 178 cm³/mol. The Morgan fingerprint density at radius 1 is 0.625 bits per heavy atom. The molecule has 0 amide bonds. The summed E-state index contributed by atoms with van der Waals surface area (Å²) in [6.45, 7) is 7.42. The van der Waals surface area contributed by atoms with Gasteiger partial charge < -0.3 is 9.64 Å². The minimum absolute atomic E-state index is 0.0261. The van der Waals surface area contributed by atoms with Crippen LogP contribution < -0.4 is 0 Å². The van der Waals surface area contributed by atoms with E-state index in [0.717, 1.165) is 77.2 Å². The number of unbranched alkanes of at least 4 members (excludes halogenated alkanes) is 8. The third-order valence-corrected chi connectivity index (χ3v) is 7.15. The SMILES string of the molecule is CC/C=C/C/C=C\CCCC(CCC/C=C\CCCCC)C(CC/C=C\CCCCC)OC(=O)/C=C/CN(C)C. The van der Waals surface area contributed by atoms with Gasteiger partial charge in [0.2, 0.25) is 0 Å². The molecule has 0 radical (unpaired) electrons. The number of hydrogen-bond acceptors (Lipinski definition) is 3. The molecule has 0 saturated heterocycles. The largest absolute Gasteiger partial charge is 0.459 e. The van der Waals surface area contributed by atoms with Crippen LogP contribution in [0.15, 0.2) is 60.8 Å². The van der Waals surface area contributed by atoms with Crippen molar-refractivity contribution in [1.82, 2.24) is 4.90 Å². The van der Waals surface area contributed by atoms with Gasteiger partial charge in [-0.3, -0.25) is 0 Å². The summed E-state index contributed by atoms with van der Waals surface area (Å²) in [6.07, 6.45) is 42.7. The summed E-state index contributed by atoms with van der Waals surface area (Å²) in [4.78, 5) is 14.8. The van der Waals surface area contributed by atoms with E-state index in [4.69, 9.17) is 4.74 Å². The molecule has 0 heterocycles. The third kappa shape index (κ3) is 26.4. The van der Waals surface area contributed by atoms with Gasteiger partial charge in [-0.25, -0.2) is 4.79 Å². The smallest absolute Gasteiger partial charge is 0.330 e. The van der Waals surface area contributed by atoms with Crippen LogP contribution in [0.5, 0.6) is 0 Å². The Balaban J connectivity index is 5.23. The summed E-state index contributed by atoms with van der Waals surface area (Å²) in [5.41, 5.74) is 0. The second-order valence-electron chi connectivity index (χ2n) is 11.4. The Morgan fingerprint density at radius 3 is 1.70 bits per heavy atom. The summed E-state index contributed by atoms with van der Waals surface area (Å²) in [6, 6.07) is 0. The number of nitrogens with zero attached hydrogens (tertiary/aromatic N) is 1. The van der Waals surface area contributed by atoms with E-state index < -0.39 is 0 Å². The number of esters is 1. The topological polar surface area (TPSA) is 29.5 Å². The molecule has 0 rings (SSSR count). The Hall–Kier alpha value is -1.87. The molecule has 0 bridgehead atoms. The van der Waals surface area contributed by atoms with Crippen molar-refractivity contribution in [3.63, 3.8) is 0 Å². The number of rotatable bonds is 27. The van der Waals surface area contributed by atoms with Gasteiger partial charge in [-0.15, -0.1) is 0 Å². The van der Waals surface area contributed by atoms with Gasteiger partial charge >= 0.3 is 5.97 Å². The first-order chi connectivity index (χ1) is 19.5. The number of hydrogen-bond donors (Lipinski definition) is 0. The lowest BCUT2D eigenvalue weighted by Gasteiger charge is -2.27. The van der Waals surface area contributed by atoms with Crippen molar-refractivity contribution in [3.8, 4) is 0 Å². The van der Waals surface area contributed by atoms with Crippen LogP contribution in [0.25, 0.3) is 0 Å². The van der Waals surface area contributed by atoms with E-state index in [0.29, 0.717) is 5.92 Å².